The molecule has 174 valence electrons. The van der Waals surface area contributed by atoms with E-state index in [1.807, 2.05) is 18.3 Å². The zero-order valence-corrected chi connectivity index (χ0v) is 19.3. The molecule has 5 rings (SSSR count). The van der Waals surface area contributed by atoms with Crippen molar-refractivity contribution in [2.75, 3.05) is 12.4 Å². The average Bonchev–Trinajstić information content (AvgIpc) is 3.50. The summed E-state index contributed by atoms with van der Waals surface area (Å²) in [5.74, 6) is 0.801. The smallest absolute Gasteiger partial charge is 0.251 e. The summed E-state index contributed by atoms with van der Waals surface area (Å²) in [6.07, 6.45) is 6.20. The van der Waals surface area contributed by atoms with E-state index in [-0.39, 0.29) is 17.8 Å². The summed E-state index contributed by atoms with van der Waals surface area (Å²) in [5.41, 5.74) is 3.46. The molecular formula is C25H24ClN5O3. The van der Waals surface area contributed by atoms with Gasteiger partial charge in [-0.25, -0.2) is 0 Å². The molecule has 0 saturated heterocycles. The lowest BCUT2D eigenvalue weighted by molar-refractivity contribution is 0.0963. The minimum atomic E-state index is -0.216. The first-order valence-electron chi connectivity index (χ1n) is 11.2. The fourth-order valence-electron chi connectivity index (χ4n) is 4.20. The number of nitrogens with zero attached hydrogens (tertiary/aromatic N) is 2. The molecule has 1 saturated carbocycles. The number of phenolic OH excluding ortho intramolecular Hbond substituents is 1. The highest BCUT2D eigenvalue weighted by molar-refractivity contribution is 6.33. The van der Waals surface area contributed by atoms with Crippen molar-refractivity contribution in [2.24, 2.45) is 0 Å². The zero-order valence-electron chi connectivity index (χ0n) is 18.6. The maximum absolute atomic E-state index is 11.9. The summed E-state index contributed by atoms with van der Waals surface area (Å²) in [6, 6.07) is 12.0. The molecule has 0 atom stereocenters. The van der Waals surface area contributed by atoms with Gasteiger partial charge in [0, 0.05) is 24.4 Å². The van der Waals surface area contributed by atoms with Crippen LogP contribution in [0.5, 0.6) is 11.6 Å². The second-order valence-corrected chi connectivity index (χ2v) is 8.66. The number of aromatic hydroxyl groups is 1. The van der Waals surface area contributed by atoms with E-state index in [2.05, 4.69) is 20.6 Å². The summed E-state index contributed by atoms with van der Waals surface area (Å²) in [4.78, 5) is 24.4. The summed E-state index contributed by atoms with van der Waals surface area (Å²) in [6.45, 7) is 0. The van der Waals surface area contributed by atoms with Crippen LogP contribution in [0.15, 0.2) is 48.7 Å². The second-order valence-electron chi connectivity index (χ2n) is 8.25. The molecule has 1 aliphatic carbocycles. The first-order valence-corrected chi connectivity index (χ1v) is 11.5. The van der Waals surface area contributed by atoms with E-state index >= 15 is 0 Å². The molecule has 1 aliphatic rings. The molecule has 0 spiro atoms. The number of amides is 1. The lowest BCUT2D eigenvalue weighted by Crippen LogP contribution is -2.17. The van der Waals surface area contributed by atoms with Crippen LogP contribution in [0.25, 0.3) is 22.2 Å². The molecule has 8 nitrogen and oxygen atoms in total. The van der Waals surface area contributed by atoms with Gasteiger partial charge in [-0.05, 0) is 61.6 Å². The van der Waals surface area contributed by atoms with E-state index in [9.17, 15) is 9.90 Å². The van der Waals surface area contributed by atoms with Crippen LogP contribution in [-0.4, -0.2) is 39.1 Å². The van der Waals surface area contributed by atoms with Crippen LogP contribution in [0.4, 0.5) is 11.6 Å². The second kappa shape index (κ2) is 9.23. The number of phenols is 1. The Labute approximate surface area is 201 Å². The predicted octanol–water partition coefficient (Wildman–Crippen LogP) is 5.41. The number of anilines is 2. The summed E-state index contributed by atoms with van der Waals surface area (Å²) in [7, 11) is 1.57. The Kier molecular flexibility index (Phi) is 5.98. The Morgan fingerprint density at radius 2 is 1.91 bits per heavy atom. The number of nitrogens with one attached hydrogen (secondary N) is 3. The molecule has 1 fully saturated rings. The van der Waals surface area contributed by atoms with Gasteiger partial charge in [-0.1, -0.05) is 23.7 Å². The third kappa shape index (κ3) is 4.36. The van der Waals surface area contributed by atoms with Gasteiger partial charge in [0.1, 0.15) is 17.5 Å². The third-order valence-corrected chi connectivity index (χ3v) is 6.27. The third-order valence-electron chi connectivity index (χ3n) is 5.96. The van der Waals surface area contributed by atoms with Gasteiger partial charge >= 0.3 is 0 Å². The number of aromatic amines is 1. The molecule has 0 bridgehead atoms. The van der Waals surface area contributed by atoms with Gasteiger partial charge in [-0.2, -0.15) is 9.97 Å². The number of rotatable bonds is 6. The van der Waals surface area contributed by atoms with Crippen molar-refractivity contribution < 1.29 is 14.6 Å². The zero-order chi connectivity index (χ0) is 23.7. The van der Waals surface area contributed by atoms with Gasteiger partial charge in [0.05, 0.1) is 16.1 Å². The maximum Gasteiger partial charge on any atom is 0.251 e. The highest BCUT2D eigenvalue weighted by atomic mass is 35.5. The fraction of sp³-hybridized carbons (Fsp3) is 0.240. The molecule has 9 heteroatoms. The van der Waals surface area contributed by atoms with Crippen molar-refractivity contribution >= 4 is 40.2 Å². The summed E-state index contributed by atoms with van der Waals surface area (Å²) >= 11 is 6.42. The van der Waals surface area contributed by atoms with Crippen LogP contribution < -0.4 is 15.4 Å². The Morgan fingerprint density at radius 1 is 1.15 bits per heavy atom. The number of fused-ring (bicyclic) bond motifs is 1. The fourth-order valence-corrected chi connectivity index (χ4v) is 4.42. The van der Waals surface area contributed by atoms with Crippen LogP contribution in [0.1, 0.15) is 36.0 Å². The first kappa shape index (κ1) is 22.0. The van der Waals surface area contributed by atoms with E-state index < -0.39 is 0 Å². The van der Waals surface area contributed by atoms with E-state index in [0.717, 1.165) is 42.2 Å². The molecule has 2 aromatic carbocycles. The number of ether oxygens (including phenoxy) is 1. The van der Waals surface area contributed by atoms with Crippen LogP contribution in [0.3, 0.4) is 0 Å². The van der Waals surface area contributed by atoms with Gasteiger partial charge in [-0.3, -0.25) is 4.79 Å². The molecule has 0 unspecified atom stereocenters. The highest BCUT2D eigenvalue weighted by Gasteiger charge is 2.22. The van der Waals surface area contributed by atoms with E-state index in [1.165, 1.54) is 0 Å². The van der Waals surface area contributed by atoms with E-state index in [4.69, 9.17) is 21.3 Å². The molecule has 34 heavy (non-hydrogen) atoms. The van der Waals surface area contributed by atoms with Crippen LogP contribution in [0.2, 0.25) is 5.02 Å². The Bertz CT molecular complexity index is 1350. The maximum atomic E-state index is 11.9. The van der Waals surface area contributed by atoms with Crippen LogP contribution in [-0.2, 0) is 0 Å². The minimum absolute atomic E-state index is 0.101. The molecule has 4 N–H and O–H groups in total. The van der Waals surface area contributed by atoms with Crippen molar-refractivity contribution in [1.29, 1.82) is 0 Å². The SMILES string of the molecule is CNC(=O)c1ccc(Nc2nc(OC3CCCC3)c3c(-c4ccc(O)cc4)c[nH]c3n2)c(Cl)c1. The normalized spacial score (nSPS) is 13.8. The van der Waals surface area contributed by atoms with Gasteiger partial charge < -0.3 is 25.5 Å². The van der Waals surface area contributed by atoms with Crippen molar-refractivity contribution in [2.45, 2.75) is 31.8 Å². The number of hydrogen-bond acceptors (Lipinski definition) is 6. The van der Waals surface area contributed by atoms with Crippen molar-refractivity contribution in [3.05, 3.63) is 59.2 Å². The topological polar surface area (TPSA) is 112 Å². The molecule has 0 radical (unpaired) electrons. The molecule has 2 aromatic heterocycles. The predicted molar refractivity (Wildman–Crippen MR) is 132 cm³/mol. The number of aromatic nitrogens is 3. The summed E-state index contributed by atoms with van der Waals surface area (Å²) < 4.78 is 6.36. The summed E-state index contributed by atoms with van der Waals surface area (Å²) in [5, 5.41) is 16.6. The van der Waals surface area contributed by atoms with Crippen molar-refractivity contribution in [3.8, 4) is 22.8 Å². The largest absolute Gasteiger partial charge is 0.508 e. The number of H-pyrrole nitrogens is 1. The van der Waals surface area contributed by atoms with Crippen molar-refractivity contribution in [1.82, 2.24) is 20.3 Å². The number of halogens is 1. The van der Waals surface area contributed by atoms with Crippen LogP contribution >= 0.6 is 11.6 Å². The number of carbonyl (C=O) groups is 1. The quantitative estimate of drug-likeness (QED) is 0.295. The van der Waals surface area contributed by atoms with Crippen LogP contribution in [0, 0.1) is 0 Å². The lowest BCUT2D eigenvalue weighted by Gasteiger charge is -2.15. The number of hydrogen-bond donors (Lipinski definition) is 4. The standard InChI is InChI=1S/C25H24ClN5O3/c1-27-23(33)15-8-11-20(19(26)12-15)29-25-30-22-21(24(31-25)34-17-4-2-3-5-17)18(13-28-22)14-6-9-16(32)10-7-14/h6-13,17,32H,2-5H2,1H3,(H,27,33)(H2,28,29,30,31). The van der Waals surface area contributed by atoms with Gasteiger partial charge in [0.15, 0.2) is 0 Å². The molecule has 2 heterocycles. The van der Waals surface area contributed by atoms with Gasteiger partial charge in [-0.15, -0.1) is 0 Å². The van der Waals surface area contributed by atoms with Gasteiger partial charge in [0.25, 0.3) is 5.91 Å². The van der Waals surface area contributed by atoms with E-state index in [0.29, 0.717) is 33.7 Å². The van der Waals surface area contributed by atoms with Crippen molar-refractivity contribution in [3.63, 3.8) is 0 Å². The first-order chi connectivity index (χ1) is 16.5. The van der Waals surface area contributed by atoms with E-state index in [1.54, 1.807) is 37.4 Å². The molecule has 4 aromatic rings. The molecule has 0 aliphatic heterocycles. The minimum Gasteiger partial charge on any atom is -0.508 e. The average molecular weight is 478 g/mol. The molecular weight excluding hydrogens is 454 g/mol. The lowest BCUT2D eigenvalue weighted by atomic mass is 10.1. The highest BCUT2D eigenvalue weighted by Crippen LogP contribution is 2.37. The number of carbonyl (C=O) groups excluding carboxylic acids is 1. The Hall–Kier alpha value is -3.78. The molecule has 1 amide bonds. The van der Waals surface area contributed by atoms with Gasteiger partial charge in [0.2, 0.25) is 11.8 Å². The number of benzene rings is 2. The Balaban J connectivity index is 1.54. The monoisotopic (exact) mass is 477 g/mol. The Morgan fingerprint density at radius 3 is 2.62 bits per heavy atom.